The van der Waals surface area contributed by atoms with Crippen LogP contribution in [-0.4, -0.2) is 31.4 Å². The maximum atomic E-state index is 11.4. The predicted octanol–water partition coefficient (Wildman–Crippen LogP) is 0.665. The minimum absolute atomic E-state index is 0.469. The van der Waals surface area contributed by atoms with Gasteiger partial charge in [-0.25, -0.2) is 18.6 Å². The molecule has 1 fully saturated rings. The number of hydrazine groups is 1. The number of primary sulfonamides is 1. The summed E-state index contributed by atoms with van der Waals surface area (Å²) in [5, 5.41) is 17.7. The summed E-state index contributed by atoms with van der Waals surface area (Å²) in [6.07, 6.45) is 2.12. The number of nitrogens with two attached hydrogens (primary N) is 1. The summed E-state index contributed by atoms with van der Waals surface area (Å²) in [7, 11) is -4.13. The molecule has 1 saturated heterocycles. The monoisotopic (exact) mass is 286 g/mol. The Morgan fingerprint density at radius 3 is 2.47 bits per heavy atom. The van der Waals surface area contributed by atoms with Crippen LogP contribution in [0.5, 0.6) is 0 Å². The van der Waals surface area contributed by atoms with Crippen LogP contribution in [0.15, 0.2) is 23.1 Å². The molecule has 1 heterocycles. The molecule has 9 heteroatoms. The first-order valence-corrected chi connectivity index (χ1v) is 7.25. The normalized spacial score (nSPS) is 16.5. The van der Waals surface area contributed by atoms with Crippen LogP contribution >= 0.6 is 0 Å². The van der Waals surface area contributed by atoms with Crippen LogP contribution in [0, 0.1) is 10.1 Å². The van der Waals surface area contributed by atoms with Crippen LogP contribution in [-0.2, 0) is 10.0 Å². The number of hydrogen-bond donors (Lipinski definition) is 2. The number of nitro groups is 1. The van der Waals surface area contributed by atoms with E-state index in [-0.39, 0.29) is 0 Å². The van der Waals surface area contributed by atoms with Gasteiger partial charge in [-0.15, -0.1) is 0 Å². The second-order valence-corrected chi connectivity index (χ2v) is 5.82. The van der Waals surface area contributed by atoms with Crippen LogP contribution in [0.3, 0.4) is 0 Å². The van der Waals surface area contributed by atoms with Crippen molar-refractivity contribution >= 4 is 21.4 Å². The first-order chi connectivity index (χ1) is 8.88. The Bertz CT molecular complexity index is 596. The molecular weight excluding hydrogens is 272 g/mol. The van der Waals surface area contributed by atoms with Gasteiger partial charge in [0.25, 0.3) is 5.69 Å². The Kier molecular flexibility index (Phi) is 3.69. The lowest BCUT2D eigenvalue weighted by molar-refractivity contribution is -0.387. The number of hydrogen-bond acceptors (Lipinski definition) is 6. The van der Waals surface area contributed by atoms with Crippen molar-refractivity contribution in [2.45, 2.75) is 17.7 Å². The van der Waals surface area contributed by atoms with Gasteiger partial charge in [-0.1, -0.05) is 0 Å². The molecule has 0 aromatic heterocycles. The van der Waals surface area contributed by atoms with Crippen LogP contribution in [0.2, 0.25) is 0 Å². The molecule has 0 aliphatic carbocycles. The van der Waals surface area contributed by atoms with E-state index < -0.39 is 25.5 Å². The zero-order chi connectivity index (χ0) is 14.0. The Hall–Kier alpha value is -1.71. The zero-order valence-corrected chi connectivity index (χ0v) is 10.9. The second-order valence-electron chi connectivity index (χ2n) is 4.29. The standard InChI is InChI=1S/C10H14N4O4S/c11-19(17,18)10-7-8(3-4-9(10)14(15)16)12-13-5-1-2-6-13/h3-4,7,12H,1-2,5-6H2,(H2,11,17,18). The summed E-state index contributed by atoms with van der Waals surface area (Å²) < 4.78 is 22.8. The minimum Gasteiger partial charge on any atom is -0.319 e. The molecule has 1 aliphatic heterocycles. The third-order valence-corrected chi connectivity index (χ3v) is 3.80. The van der Waals surface area contributed by atoms with Crippen molar-refractivity contribution in [3.63, 3.8) is 0 Å². The van der Waals surface area contributed by atoms with E-state index in [4.69, 9.17) is 5.14 Å². The smallest absolute Gasteiger partial charge is 0.289 e. The molecule has 1 aromatic rings. The van der Waals surface area contributed by atoms with Crippen molar-refractivity contribution in [2.75, 3.05) is 18.5 Å². The first-order valence-electron chi connectivity index (χ1n) is 5.71. The lowest BCUT2D eigenvalue weighted by Crippen LogP contribution is -2.26. The van der Waals surface area contributed by atoms with Gasteiger partial charge in [0.15, 0.2) is 4.90 Å². The molecule has 19 heavy (non-hydrogen) atoms. The lowest BCUT2D eigenvalue weighted by atomic mass is 10.3. The highest BCUT2D eigenvalue weighted by Crippen LogP contribution is 2.26. The summed E-state index contributed by atoms with van der Waals surface area (Å²) in [6, 6.07) is 3.79. The number of rotatable bonds is 4. The molecule has 0 unspecified atom stereocenters. The van der Waals surface area contributed by atoms with Gasteiger partial charge in [-0.05, 0) is 25.0 Å². The number of nitro benzene ring substituents is 1. The van der Waals surface area contributed by atoms with E-state index in [1.54, 1.807) is 0 Å². The number of nitrogens with zero attached hydrogens (tertiary/aromatic N) is 2. The molecular formula is C10H14N4O4S. The van der Waals surface area contributed by atoms with Crippen LogP contribution in [0.1, 0.15) is 12.8 Å². The fourth-order valence-corrected chi connectivity index (χ4v) is 2.70. The maximum absolute atomic E-state index is 11.4. The number of sulfonamides is 1. The Labute approximate surface area is 110 Å². The Balaban J connectivity index is 2.35. The van der Waals surface area contributed by atoms with Crippen molar-refractivity contribution < 1.29 is 13.3 Å². The minimum atomic E-state index is -4.13. The van der Waals surface area contributed by atoms with Crippen LogP contribution < -0.4 is 10.6 Å². The summed E-state index contributed by atoms with van der Waals surface area (Å²) in [4.78, 5) is 9.53. The van der Waals surface area contributed by atoms with Gasteiger partial charge < -0.3 is 5.43 Å². The third kappa shape index (κ3) is 3.19. The number of benzene rings is 1. The predicted molar refractivity (Wildman–Crippen MR) is 68.9 cm³/mol. The van der Waals surface area contributed by atoms with Crippen LogP contribution in [0.4, 0.5) is 11.4 Å². The number of nitrogens with one attached hydrogen (secondary N) is 1. The molecule has 2 rings (SSSR count). The van der Waals surface area contributed by atoms with Crippen molar-refractivity contribution in [1.29, 1.82) is 0 Å². The van der Waals surface area contributed by atoms with Gasteiger partial charge in [0, 0.05) is 19.2 Å². The summed E-state index contributed by atoms with van der Waals surface area (Å²) in [5.74, 6) is 0. The molecule has 0 radical (unpaired) electrons. The van der Waals surface area contributed by atoms with E-state index in [1.165, 1.54) is 12.1 Å². The van der Waals surface area contributed by atoms with Gasteiger partial charge in [0.05, 0.1) is 10.6 Å². The van der Waals surface area contributed by atoms with E-state index in [0.717, 1.165) is 32.0 Å². The molecule has 0 amide bonds. The molecule has 0 saturated carbocycles. The summed E-state index contributed by atoms with van der Waals surface area (Å²) in [6.45, 7) is 1.70. The molecule has 8 nitrogen and oxygen atoms in total. The summed E-state index contributed by atoms with van der Waals surface area (Å²) >= 11 is 0. The highest BCUT2D eigenvalue weighted by atomic mass is 32.2. The quantitative estimate of drug-likeness (QED) is 0.620. The Morgan fingerprint density at radius 1 is 1.32 bits per heavy atom. The van der Waals surface area contributed by atoms with Crippen molar-refractivity contribution in [3.8, 4) is 0 Å². The van der Waals surface area contributed by atoms with E-state index in [9.17, 15) is 18.5 Å². The molecule has 1 aromatic carbocycles. The largest absolute Gasteiger partial charge is 0.319 e. The summed E-state index contributed by atoms with van der Waals surface area (Å²) in [5.41, 5.74) is 2.96. The van der Waals surface area contributed by atoms with Gasteiger partial charge in [0.2, 0.25) is 10.0 Å². The van der Waals surface area contributed by atoms with Crippen molar-refractivity contribution in [1.82, 2.24) is 5.01 Å². The topological polar surface area (TPSA) is 119 Å². The SMILES string of the molecule is NS(=O)(=O)c1cc(NN2CCCC2)ccc1[N+](=O)[O-]. The van der Waals surface area contributed by atoms with Gasteiger partial charge in [-0.3, -0.25) is 10.1 Å². The third-order valence-electron chi connectivity index (χ3n) is 2.86. The lowest BCUT2D eigenvalue weighted by Gasteiger charge is -2.18. The maximum Gasteiger partial charge on any atom is 0.289 e. The van der Waals surface area contributed by atoms with Gasteiger partial charge in [0.1, 0.15) is 0 Å². The second kappa shape index (κ2) is 5.11. The van der Waals surface area contributed by atoms with E-state index in [0.29, 0.717) is 5.69 Å². The zero-order valence-electron chi connectivity index (χ0n) is 10.1. The molecule has 0 spiro atoms. The van der Waals surface area contributed by atoms with E-state index in [1.807, 2.05) is 5.01 Å². The highest BCUT2D eigenvalue weighted by molar-refractivity contribution is 7.89. The van der Waals surface area contributed by atoms with Crippen molar-refractivity contribution in [2.24, 2.45) is 5.14 Å². The average molecular weight is 286 g/mol. The van der Waals surface area contributed by atoms with E-state index in [2.05, 4.69) is 5.43 Å². The molecule has 104 valence electrons. The molecule has 1 aliphatic rings. The molecule has 0 atom stereocenters. The average Bonchev–Trinajstić information content (AvgIpc) is 2.80. The number of anilines is 1. The first kappa shape index (κ1) is 13.7. The fraction of sp³-hybridized carbons (Fsp3) is 0.400. The molecule has 3 N–H and O–H groups in total. The van der Waals surface area contributed by atoms with Crippen molar-refractivity contribution in [3.05, 3.63) is 28.3 Å². The van der Waals surface area contributed by atoms with E-state index >= 15 is 0 Å². The molecule has 0 bridgehead atoms. The van der Waals surface area contributed by atoms with Gasteiger partial charge in [-0.2, -0.15) is 0 Å². The fourth-order valence-electron chi connectivity index (χ4n) is 1.97. The van der Waals surface area contributed by atoms with Gasteiger partial charge >= 0.3 is 0 Å². The highest BCUT2D eigenvalue weighted by Gasteiger charge is 2.23. The Morgan fingerprint density at radius 2 is 1.95 bits per heavy atom. The van der Waals surface area contributed by atoms with Crippen LogP contribution in [0.25, 0.3) is 0 Å².